The van der Waals surface area contributed by atoms with E-state index >= 15 is 0 Å². The summed E-state index contributed by atoms with van der Waals surface area (Å²) in [7, 11) is 0. The molecule has 0 atom stereocenters. The van der Waals surface area contributed by atoms with Crippen LogP contribution in [0.3, 0.4) is 0 Å². The molecular weight excluding hydrogens is 286 g/mol. The van der Waals surface area contributed by atoms with Crippen molar-refractivity contribution >= 4 is 11.9 Å². The lowest BCUT2D eigenvalue weighted by Crippen LogP contribution is -2.36. The molecule has 0 spiro atoms. The van der Waals surface area contributed by atoms with Gasteiger partial charge < -0.3 is 10.0 Å². The zero-order valence-electron chi connectivity index (χ0n) is 12.0. The van der Waals surface area contributed by atoms with E-state index in [2.05, 4.69) is 4.98 Å². The molecule has 0 fully saturated rings. The van der Waals surface area contributed by atoms with Crippen molar-refractivity contribution in [2.24, 2.45) is 0 Å². The first kappa shape index (κ1) is 15.4. The third kappa shape index (κ3) is 3.38. The number of carboxylic acid groups (broad SMARTS) is 1. The molecule has 0 bridgehead atoms. The normalized spacial score (nSPS) is 10.2. The highest BCUT2D eigenvalue weighted by atomic mass is 16.4. The maximum absolute atomic E-state index is 12.4. The highest BCUT2D eigenvalue weighted by Crippen LogP contribution is 2.05. The lowest BCUT2D eigenvalue weighted by atomic mass is 10.2. The summed E-state index contributed by atoms with van der Waals surface area (Å²) in [5.74, 6) is -1.40. The summed E-state index contributed by atoms with van der Waals surface area (Å²) in [6.45, 7) is 2.13. The van der Waals surface area contributed by atoms with E-state index in [1.807, 2.05) is 0 Å². The average Bonchev–Trinajstić information content (AvgIpc) is 2.54. The van der Waals surface area contributed by atoms with Crippen LogP contribution in [0.15, 0.2) is 47.7 Å². The molecule has 0 aliphatic rings. The molecule has 7 nitrogen and oxygen atoms in total. The molecule has 114 valence electrons. The highest BCUT2D eigenvalue weighted by Gasteiger charge is 2.15. The first-order valence-electron chi connectivity index (χ1n) is 6.66. The molecule has 2 aromatic heterocycles. The average molecular weight is 301 g/mol. The van der Waals surface area contributed by atoms with Crippen molar-refractivity contribution in [3.05, 3.63) is 64.3 Å². The van der Waals surface area contributed by atoms with Crippen molar-refractivity contribution < 1.29 is 14.7 Å². The van der Waals surface area contributed by atoms with Crippen molar-refractivity contribution in [1.29, 1.82) is 0 Å². The molecule has 0 saturated heterocycles. The molecule has 1 N–H and O–H groups in total. The molecule has 0 aromatic carbocycles. The standard InChI is InChI=1S/C15H15N3O4/c1-2-17(14(20)11-4-3-7-16-8-11)10-18-9-12(15(21)22)5-6-13(18)19/h3-9H,2,10H2,1H3,(H,21,22). The van der Waals surface area contributed by atoms with Gasteiger partial charge in [0.1, 0.15) is 6.67 Å². The Morgan fingerprint density at radius 3 is 2.64 bits per heavy atom. The number of amides is 1. The minimum Gasteiger partial charge on any atom is -0.478 e. The number of aromatic nitrogens is 2. The lowest BCUT2D eigenvalue weighted by molar-refractivity contribution is 0.0695. The maximum Gasteiger partial charge on any atom is 0.337 e. The minimum absolute atomic E-state index is 0.00974. The Morgan fingerprint density at radius 2 is 2.05 bits per heavy atom. The van der Waals surface area contributed by atoms with Crippen molar-refractivity contribution in [2.45, 2.75) is 13.6 Å². The second-order valence-electron chi connectivity index (χ2n) is 4.58. The van der Waals surface area contributed by atoms with Crippen molar-refractivity contribution in [3.8, 4) is 0 Å². The van der Waals surface area contributed by atoms with Crippen molar-refractivity contribution in [2.75, 3.05) is 6.54 Å². The van der Waals surface area contributed by atoms with Crippen LogP contribution in [0, 0.1) is 0 Å². The van der Waals surface area contributed by atoms with Gasteiger partial charge in [-0.25, -0.2) is 4.79 Å². The number of pyridine rings is 2. The Hall–Kier alpha value is -2.96. The second-order valence-corrected chi connectivity index (χ2v) is 4.58. The number of rotatable bonds is 5. The van der Waals surface area contributed by atoms with Crippen molar-refractivity contribution in [1.82, 2.24) is 14.5 Å². The zero-order chi connectivity index (χ0) is 16.1. The molecule has 2 heterocycles. The quantitative estimate of drug-likeness (QED) is 0.891. The number of aromatic carboxylic acids is 1. The van der Waals surface area contributed by atoms with E-state index in [0.717, 1.165) is 0 Å². The largest absolute Gasteiger partial charge is 0.478 e. The molecule has 2 rings (SSSR count). The molecule has 0 saturated carbocycles. The van der Waals surface area contributed by atoms with Gasteiger partial charge in [-0.05, 0) is 25.1 Å². The van der Waals surface area contributed by atoms with Gasteiger partial charge in [0, 0.05) is 31.2 Å². The van der Waals surface area contributed by atoms with E-state index in [-0.39, 0.29) is 23.7 Å². The van der Waals surface area contributed by atoms with Crippen molar-refractivity contribution in [3.63, 3.8) is 0 Å². The number of carboxylic acids is 1. The summed E-state index contributed by atoms with van der Waals surface area (Å²) in [5, 5.41) is 8.97. The number of carbonyl (C=O) groups is 2. The molecule has 0 aliphatic heterocycles. The summed E-state index contributed by atoms with van der Waals surface area (Å²) in [6.07, 6.45) is 4.24. The monoisotopic (exact) mass is 301 g/mol. The van der Waals surface area contributed by atoms with Crippen LogP contribution in [-0.4, -0.2) is 38.0 Å². The van der Waals surface area contributed by atoms with Gasteiger partial charge in [0.15, 0.2) is 0 Å². The second kappa shape index (κ2) is 6.66. The van der Waals surface area contributed by atoms with Crippen LogP contribution < -0.4 is 5.56 Å². The van der Waals surface area contributed by atoms with Gasteiger partial charge in [0.25, 0.3) is 11.5 Å². The van der Waals surface area contributed by atoms with E-state index in [9.17, 15) is 14.4 Å². The van der Waals surface area contributed by atoms with Gasteiger partial charge in [-0.15, -0.1) is 0 Å². The zero-order valence-corrected chi connectivity index (χ0v) is 12.0. The lowest BCUT2D eigenvalue weighted by Gasteiger charge is -2.22. The Bertz CT molecular complexity index is 740. The van der Waals surface area contributed by atoms with Gasteiger partial charge in [-0.2, -0.15) is 0 Å². The third-order valence-corrected chi connectivity index (χ3v) is 3.13. The fraction of sp³-hybridized carbons (Fsp3) is 0.200. The van der Waals surface area contributed by atoms with E-state index < -0.39 is 5.97 Å². The first-order chi connectivity index (χ1) is 10.5. The van der Waals surface area contributed by atoms with Crippen LogP contribution >= 0.6 is 0 Å². The van der Waals surface area contributed by atoms with Gasteiger partial charge in [0.2, 0.25) is 0 Å². The summed E-state index contributed by atoms with van der Waals surface area (Å²) in [4.78, 5) is 40.5. The van der Waals surface area contributed by atoms with Crippen LogP contribution in [-0.2, 0) is 6.67 Å². The SMILES string of the molecule is CCN(Cn1cc(C(=O)O)ccc1=O)C(=O)c1cccnc1. The molecule has 2 aromatic rings. The van der Waals surface area contributed by atoms with Crippen LogP contribution in [0.2, 0.25) is 0 Å². The number of carbonyl (C=O) groups excluding carboxylic acids is 1. The first-order valence-corrected chi connectivity index (χ1v) is 6.66. The van der Waals surface area contributed by atoms with Crippen LogP contribution in [0.1, 0.15) is 27.6 Å². The molecule has 0 radical (unpaired) electrons. The van der Waals surface area contributed by atoms with Gasteiger partial charge in [0.05, 0.1) is 11.1 Å². The fourth-order valence-electron chi connectivity index (χ4n) is 1.93. The topological polar surface area (TPSA) is 92.5 Å². The number of hydrogen-bond donors (Lipinski definition) is 1. The van der Waals surface area contributed by atoms with E-state index in [1.54, 1.807) is 25.3 Å². The predicted molar refractivity (Wildman–Crippen MR) is 78.6 cm³/mol. The Labute approximate surface area is 126 Å². The molecule has 1 amide bonds. The molecule has 7 heteroatoms. The highest BCUT2D eigenvalue weighted by molar-refractivity contribution is 5.93. The number of nitrogens with zero attached hydrogens (tertiary/aromatic N) is 3. The fourth-order valence-corrected chi connectivity index (χ4v) is 1.93. The Morgan fingerprint density at radius 1 is 1.27 bits per heavy atom. The van der Waals surface area contributed by atoms with Crippen LogP contribution in [0.25, 0.3) is 0 Å². The summed E-state index contributed by atoms with van der Waals surface area (Å²) in [5.41, 5.74) is 0.0266. The molecular formula is C15H15N3O4. The Kier molecular flexibility index (Phi) is 4.67. The molecule has 22 heavy (non-hydrogen) atoms. The van der Waals surface area contributed by atoms with E-state index in [0.29, 0.717) is 12.1 Å². The van der Waals surface area contributed by atoms with Crippen LogP contribution in [0.4, 0.5) is 0 Å². The molecule has 0 aliphatic carbocycles. The maximum atomic E-state index is 12.4. The summed E-state index contributed by atoms with van der Waals surface area (Å²) < 4.78 is 1.20. The van der Waals surface area contributed by atoms with Gasteiger partial charge >= 0.3 is 5.97 Å². The van der Waals surface area contributed by atoms with Crippen LogP contribution in [0.5, 0.6) is 0 Å². The smallest absolute Gasteiger partial charge is 0.337 e. The predicted octanol–water partition coefficient (Wildman–Crippen LogP) is 1.06. The minimum atomic E-state index is -1.13. The van der Waals surface area contributed by atoms with E-state index in [1.165, 1.54) is 34.0 Å². The summed E-state index contributed by atoms with van der Waals surface area (Å²) >= 11 is 0. The summed E-state index contributed by atoms with van der Waals surface area (Å²) in [6, 6.07) is 5.69. The van der Waals surface area contributed by atoms with Gasteiger partial charge in [-0.3, -0.25) is 19.1 Å². The molecule has 0 unspecified atom stereocenters. The number of hydrogen-bond acceptors (Lipinski definition) is 4. The van der Waals surface area contributed by atoms with E-state index in [4.69, 9.17) is 5.11 Å². The Balaban J connectivity index is 2.27. The van der Waals surface area contributed by atoms with Gasteiger partial charge in [-0.1, -0.05) is 0 Å². The third-order valence-electron chi connectivity index (χ3n) is 3.13.